The van der Waals surface area contributed by atoms with Crippen LogP contribution >= 0.6 is 0 Å². The highest BCUT2D eigenvalue weighted by molar-refractivity contribution is 5.28. The van der Waals surface area contributed by atoms with E-state index in [0.717, 1.165) is 12.2 Å². The van der Waals surface area contributed by atoms with Gasteiger partial charge in [-0.3, -0.25) is 0 Å². The second-order valence-corrected chi connectivity index (χ2v) is 4.30. The first kappa shape index (κ1) is 11.6. The Labute approximate surface area is 102 Å². The van der Waals surface area contributed by atoms with E-state index in [1.165, 1.54) is 5.56 Å². The lowest BCUT2D eigenvalue weighted by Gasteiger charge is -2.08. The molecule has 0 unspecified atom stereocenters. The average Bonchev–Trinajstić information content (AvgIpc) is 2.38. The minimum atomic E-state index is 0.426. The summed E-state index contributed by atoms with van der Waals surface area (Å²) in [5.74, 6) is 1.12. The fraction of sp³-hybridized carbons (Fsp3) is 0.286. The Kier molecular flexibility index (Phi) is 3.70. The SMILES string of the molecule is CC(C)c1ccnc(NCc2ccccc2)n1. The second kappa shape index (κ2) is 5.43. The van der Waals surface area contributed by atoms with Crippen molar-refractivity contribution in [1.29, 1.82) is 0 Å². The Bertz CT molecular complexity index is 466. The summed E-state index contributed by atoms with van der Waals surface area (Å²) in [5, 5.41) is 3.23. The molecule has 1 N–H and O–H groups in total. The number of hydrogen-bond acceptors (Lipinski definition) is 3. The zero-order valence-electron chi connectivity index (χ0n) is 10.2. The molecule has 3 nitrogen and oxygen atoms in total. The van der Waals surface area contributed by atoms with E-state index in [1.807, 2.05) is 24.3 Å². The number of aromatic nitrogens is 2. The molecule has 0 spiro atoms. The number of nitrogens with one attached hydrogen (secondary N) is 1. The highest BCUT2D eigenvalue weighted by Gasteiger charge is 2.02. The van der Waals surface area contributed by atoms with Crippen molar-refractivity contribution in [2.75, 3.05) is 5.32 Å². The largest absolute Gasteiger partial charge is 0.350 e. The molecule has 0 bridgehead atoms. The van der Waals surface area contributed by atoms with Gasteiger partial charge in [0.05, 0.1) is 0 Å². The van der Waals surface area contributed by atoms with Gasteiger partial charge in [-0.05, 0) is 17.5 Å². The molecule has 2 rings (SSSR count). The molecule has 0 atom stereocenters. The van der Waals surface area contributed by atoms with Crippen LogP contribution in [0.15, 0.2) is 42.6 Å². The smallest absolute Gasteiger partial charge is 0.223 e. The molecular formula is C14H17N3. The normalized spacial score (nSPS) is 10.5. The average molecular weight is 227 g/mol. The monoisotopic (exact) mass is 227 g/mol. The molecule has 0 saturated carbocycles. The van der Waals surface area contributed by atoms with Crippen molar-refractivity contribution in [1.82, 2.24) is 9.97 Å². The summed E-state index contributed by atoms with van der Waals surface area (Å²) in [6, 6.07) is 12.2. The molecule has 0 radical (unpaired) electrons. The highest BCUT2D eigenvalue weighted by Crippen LogP contribution is 2.12. The fourth-order valence-corrected chi connectivity index (χ4v) is 1.56. The number of nitrogens with zero attached hydrogens (tertiary/aromatic N) is 2. The lowest BCUT2D eigenvalue weighted by atomic mass is 10.1. The Hall–Kier alpha value is -1.90. The summed E-state index contributed by atoms with van der Waals surface area (Å²) >= 11 is 0. The molecular weight excluding hydrogens is 210 g/mol. The van der Waals surface area contributed by atoms with Crippen molar-refractivity contribution in [3.63, 3.8) is 0 Å². The van der Waals surface area contributed by atoms with Crippen molar-refractivity contribution in [3.05, 3.63) is 53.9 Å². The predicted octanol–water partition coefficient (Wildman–Crippen LogP) is 3.21. The van der Waals surface area contributed by atoms with Crippen LogP contribution in [-0.4, -0.2) is 9.97 Å². The molecule has 88 valence electrons. The van der Waals surface area contributed by atoms with Crippen LogP contribution in [0.25, 0.3) is 0 Å². The number of rotatable bonds is 4. The van der Waals surface area contributed by atoms with Gasteiger partial charge in [0.25, 0.3) is 0 Å². The third-order valence-electron chi connectivity index (χ3n) is 2.56. The van der Waals surface area contributed by atoms with E-state index in [9.17, 15) is 0 Å². The molecule has 3 heteroatoms. The highest BCUT2D eigenvalue weighted by atomic mass is 15.1. The third-order valence-corrected chi connectivity index (χ3v) is 2.56. The summed E-state index contributed by atoms with van der Waals surface area (Å²) in [7, 11) is 0. The molecule has 0 aliphatic rings. The molecule has 0 aliphatic heterocycles. The van der Waals surface area contributed by atoms with E-state index in [4.69, 9.17) is 0 Å². The van der Waals surface area contributed by atoms with Gasteiger partial charge >= 0.3 is 0 Å². The van der Waals surface area contributed by atoms with Crippen LogP contribution in [-0.2, 0) is 6.54 Å². The third kappa shape index (κ3) is 3.28. The number of hydrogen-bond donors (Lipinski definition) is 1. The Morgan fingerprint density at radius 3 is 2.59 bits per heavy atom. The predicted molar refractivity (Wildman–Crippen MR) is 69.9 cm³/mol. The molecule has 17 heavy (non-hydrogen) atoms. The zero-order chi connectivity index (χ0) is 12.1. The summed E-state index contributed by atoms with van der Waals surface area (Å²) in [5.41, 5.74) is 2.29. The molecule has 0 amide bonds. The van der Waals surface area contributed by atoms with Gasteiger partial charge in [0.15, 0.2) is 0 Å². The molecule has 0 aliphatic carbocycles. The zero-order valence-corrected chi connectivity index (χ0v) is 10.2. The lowest BCUT2D eigenvalue weighted by Crippen LogP contribution is -2.05. The van der Waals surface area contributed by atoms with Gasteiger partial charge in [-0.1, -0.05) is 44.2 Å². The summed E-state index contributed by atoms with van der Waals surface area (Å²) < 4.78 is 0. The standard InChI is InChI=1S/C14H17N3/c1-11(2)13-8-9-15-14(17-13)16-10-12-6-4-3-5-7-12/h3-9,11H,10H2,1-2H3,(H,15,16,17). The van der Waals surface area contributed by atoms with Crippen molar-refractivity contribution < 1.29 is 0 Å². The van der Waals surface area contributed by atoms with Crippen LogP contribution < -0.4 is 5.32 Å². The quantitative estimate of drug-likeness (QED) is 0.871. The van der Waals surface area contributed by atoms with Gasteiger partial charge in [-0.15, -0.1) is 0 Å². The van der Waals surface area contributed by atoms with E-state index in [1.54, 1.807) is 6.20 Å². The Balaban J connectivity index is 2.02. The maximum absolute atomic E-state index is 4.47. The van der Waals surface area contributed by atoms with Crippen LogP contribution in [0, 0.1) is 0 Å². The van der Waals surface area contributed by atoms with Crippen molar-refractivity contribution >= 4 is 5.95 Å². The summed E-state index contributed by atoms with van der Waals surface area (Å²) in [6.45, 7) is 5.01. The molecule has 1 aromatic heterocycles. The summed E-state index contributed by atoms with van der Waals surface area (Å²) in [4.78, 5) is 8.68. The van der Waals surface area contributed by atoms with Crippen molar-refractivity contribution in [2.45, 2.75) is 26.3 Å². The van der Waals surface area contributed by atoms with E-state index < -0.39 is 0 Å². The minimum absolute atomic E-state index is 0.426. The van der Waals surface area contributed by atoms with Crippen LogP contribution in [0.1, 0.15) is 31.0 Å². The summed E-state index contributed by atoms with van der Waals surface area (Å²) in [6.07, 6.45) is 1.80. The van der Waals surface area contributed by atoms with Gasteiger partial charge in [0.1, 0.15) is 0 Å². The molecule has 2 aromatic rings. The Morgan fingerprint density at radius 1 is 1.12 bits per heavy atom. The second-order valence-electron chi connectivity index (χ2n) is 4.30. The number of anilines is 1. The first-order valence-electron chi connectivity index (χ1n) is 5.86. The van der Waals surface area contributed by atoms with Crippen LogP contribution in [0.4, 0.5) is 5.95 Å². The van der Waals surface area contributed by atoms with E-state index in [2.05, 4.69) is 41.3 Å². The van der Waals surface area contributed by atoms with Gasteiger partial charge in [-0.25, -0.2) is 9.97 Å². The first-order chi connectivity index (χ1) is 8.25. The first-order valence-corrected chi connectivity index (χ1v) is 5.86. The molecule has 1 aromatic carbocycles. The Morgan fingerprint density at radius 2 is 1.88 bits per heavy atom. The topological polar surface area (TPSA) is 37.8 Å². The lowest BCUT2D eigenvalue weighted by molar-refractivity contribution is 0.813. The molecule has 0 saturated heterocycles. The van der Waals surface area contributed by atoms with Crippen molar-refractivity contribution in [2.24, 2.45) is 0 Å². The van der Waals surface area contributed by atoms with E-state index >= 15 is 0 Å². The van der Waals surface area contributed by atoms with Crippen LogP contribution in [0.5, 0.6) is 0 Å². The number of benzene rings is 1. The van der Waals surface area contributed by atoms with Crippen LogP contribution in [0.2, 0.25) is 0 Å². The maximum Gasteiger partial charge on any atom is 0.223 e. The fourth-order valence-electron chi connectivity index (χ4n) is 1.56. The van der Waals surface area contributed by atoms with Gasteiger partial charge in [-0.2, -0.15) is 0 Å². The molecule has 0 fully saturated rings. The van der Waals surface area contributed by atoms with Gasteiger partial charge in [0, 0.05) is 18.4 Å². The van der Waals surface area contributed by atoms with Gasteiger partial charge in [0.2, 0.25) is 5.95 Å². The minimum Gasteiger partial charge on any atom is -0.350 e. The van der Waals surface area contributed by atoms with E-state index in [-0.39, 0.29) is 0 Å². The molecule has 1 heterocycles. The van der Waals surface area contributed by atoms with E-state index in [0.29, 0.717) is 11.9 Å². The van der Waals surface area contributed by atoms with Crippen LogP contribution in [0.3, 0.4) is 0 Å². The maximum atomic E-state index is 4.47. The van der Waals surface area contributed by atoms with Gasteiger partial charge < -0.3 is 5.32 Å². The van der Waals surface area contributed by atoms with Crippen molar-refractivity contribution in [3.8, 4) is 0 Å².